The zero-order valence-electron chi connectivity index (χ0n) is 19.7. The first-order valence-corrected chi connectivity index (χ1v) is 13.1. The highest BCUT2D eigenvalue weighted by molar-refractivity contribution is 7.89. The molecule has 0 aromatic heterocycles. The number of anilines is 1. The van der Waals surface area contributed by atoms with Gasteiger partial charge in [-0.25, -0.2) is 8.42 Å². The number of rotatable bonds is 6. The number of sulfonamides is 1. The van der Waals surface area contributed by atoms with Crippen LogP contribution in [0.25, 0.3) is 0 Å². The first-order chi connectivity index (χ1) is 16.2. The zero-order chi connectivity index (χ0) is 24.5. The molecule has 3 atom stereocenters. The SMILES string of the molecule is Cc1cc2c(cc1S(=O)(=O)N1CCCC(C(=O)NCC(C)c3ccccc3)C1)OC(C)C(=O)N2. The summed E-state index contributed by atoms with van der Waals surface area (Å²) in [6.45, 7) is 6.35. The molecule has 0 spiro atoms. The molecule has 0 bridgehead atoms. The number of carbonyl (C=O) groups excluding carboxylic acids is 2. The van der Waals surface area contributed by atoms with Gasteiger partial charge in [0.1, 0.15) is 5.75 Å². The van der Waals surface area contributed by atoms with E-state index in [0.29, 0.717) is 42.9 Å². The van der Waals surface area contributed by atoms with Gasteiger partial charge in [0.2, 0.25) is 15.9 Å². The van der Waals surface area contributed by atoms with Crippen LogP contribution < -0.4 is 15.4 Å². The molecule has 34 heavy (non-hydrogen) atoms. The summed E-state index contributed by atoms with van der Waals surface area (Å²) < 4.78 is 34.0. The molecular weight excluding hydrogens is 454 g/mol. The predicted molar refractivity (Wildman–Crippen MR) is 129 cm³/mol. The summed E-state index contributed by atoms with van der Waals surface area (Å²) in [4.78, 5) is 24.9. The van der Waals surface area contributed by atoms with Gasteiger partial charge in [-0.05, 0) is 49.8 Å². The molecule has 0 saturated carbocycles. The first-order valence-electron chi connectivity index (χ1n) is 11.6. The third-order valence-corrected chi connectivity index (χ3v) is 8.54. The molecule has 2 aromatic carbocycles. The second-order valence-electron chi connectivity index (χ2n) is 9.12. The summed E-state index contributed by atoms with van der Waals surface area (Å²) in [5.74, 6) is -0.300. The predicted octanol–water partition coefficient (Wildman–Crippen LogP) is 3.04. The van der Waals surface area contributed by atoms with Crippen molar-refractivity contribution in [1.82, 2.24) is 9.62 Å². The Labute approximate surface area is 200 Å². The van der Waals surface area contributed by atoms with Crippen LogP contribution in [0.4, 0.5) is 5.69 Å². The minimum atomic E-state index is -3.84. The van der Waals surface area contributed by atoms with E-state index in [-0.39, 0.29) is 29.2 Å². The van der Waals surface area contributed by atoms with Gasteiger partial charge in [0.25, 0.3) is 5.91 Å². The van der Waals surface area contributed by atoms with Crippen molar-refractivity contribution in [3.8, 4) is 5.75 Å². The normalized spacial score (nSPS) is 21.7. The minimum absolute atomic E-state index is 0.121. The highest BCUT2D eigenvalue weighted by Gasteiger charge is 2.35. The van der Waals surface area contributed by atoms with E-state index < -0.39 is 22.0 Å². The van der Waals surface area contributed by atoms with E-state index in [9.17, 15) is 18.0 Å². The highest BCUT2D eigenvalue weighted by Crippen LogP contribution is 2.36. The molecule has 3 unspecified atom stereocenters. The van der Waals surface area contributed by atoms with E-state index >= 15 is 0 Å². The van der Waals surface area contributed by atoms with Crippen LogP contribution in [0.3, 0.4) is 0 Å². The zero-order valence-corrected chi connectivity index (χ0v) is 20.5. The van der Waals surface area contributed by atoms with Crippen LogP contribution in [0.5, 0.6) is 5.75 Å². The second-order valence-corrected chi connectivity index (χ2v) is 11.0. The number of nitrogens with one attached hydrogen (secondary N) is 2. The molecule has 4 rings (SSSR count). The van der Waals surface area contributed by atoms with Gasteiger partial charge in [-0.2, -0.15) is 4.31 Å². The molecule has 2 heterocycles. The van der Waals surface area contributed by atoms with E-state index in [1.807, 2.05) is 30.3 Å². The first kappa shape index (κ1) is 24.2. The van der Waals surface area contributed by atoms with Gasteiger partial charge in [-0.3, -0.25) is 9.59 Å². The number of benzene rings is 2. The van der Waals surface area contributed by atoms with Gasteiger partial charge < -0.3 is 15.4 Å². The Hall–Kier alpha value is -2.91. The summed E-state index contributed by atoms with van der Waals surface area (Å²) in [5.41, 5.74) is 2.12. The number of ether oxygens (including phenoxy) is 1. The van der Waals surface area contributed by atoms with Gasteiger partial charge >= 0.3 is 0 Å². The summed E-state index contributed by atoms with van der Waals surface area (Å²) in [7, 11) is -3.84. The van der Waals surface area contributed by atoms with Crippen molar-refractivity contribution in [2.24, 2.45) is 5.92 Å². The summed E-state index contributed by atoms with van der Waals surface area (Å²) in [6, 6.07) is 13.1. The average Bonchev–Trinajstić information content (AvgIpc) is 2.83. The lowest BCUT2D eigenvalue weighted by atomic mass is 9.97. The number of hydrogen-bond donors (Lipinski definition) is 2. The smallest absolute Gasteiger partial charge is 0.265 e. The summed E-state index contributed by atoms with van der Waals surface area (Å²) >= 11 is 0. The fourth-order valence-corrected chi connectivity index (χ4v) is 6.18. The van der Waals surface area contributed by atoms with Gasteiger partial charge in [0, 0.05) is 25.7 Å². The van der Waals surface area contributed by atoms with Crippen molar-refractivity contribution in [2.45, 2.75) is 50.5 Å². The van der Waals surface area contributed by atoms with Crippen molar-refractivity contribution >= 4 is 27.5 Å². The van der Waals surface area contributed by atoms with Crippen LogP contribution in [0, 0.1) is 12.8 Å². The Bertz CT molecular complexity index is 1180. The molecule has 2 aliphatic rings. The largest absolute Gasteiger partial charge is 0.479 e. The second kappa shape index (κ2) is 9.76. The lowest BCUT2D eigenvalue weighted by molar-refractivity contribution is -0.126. The maximum atomic E-state index is 13.5. The van der Waals surface area contributed by atoms with Crippen LogP contribution >= 0.6 is 0 Å². The Morgan fingerprint density at radius 2 is 2.00 bits per heavy atom. The fourth-order valence-electron chi connectivity index (χ4n) is 4.43. The van der Waals surface area contributed by atoms with Crippen LogP contribution in [0.1, 0.15) is 43.7 Å². The van der Waals surface area contributed by atoms with Gasteiger partial charge in [0.05, 0.1) is 16.5 Å². The molecule has 2 aliphatic heterocycles. The van der Waals surface area contributed by atoms with E-state index in [1.54, 1.807) is 19.9 Å². The minimum Gasteiger partial charge on any atom is -0.479 e. The highest BCUT2D eigenvalue weighted by atomic mass is 32.2. The number of hydrogen-bond acceptors (Lipinski definition) is 5. The topological polar surface area (TPSA) is 105 Å². The quantitative estimate of drug-likeness (QED) is 0.654. The van der Waals surface area contributed by atoms with Gasteiger partial charge in [-0.1, -0.05) is 37.3 Å². The Morgan fingerprint density at radius 1 is 1.26 bits per heavy atom. The maximum absolute atomic E-state index is 13.5. The lowest BCUT2D eigenvalue weighted by Gasteiger charge is -2.32. The summed E-state index contributed by atoms with van der Waals surface area (Å²) in [6.07, 6.45) is 0.555. The Balaban J connectivity index is 1.45. The van der Waals surface area contributed by atoms with Crippen molar-refractivity contribution in [3.63, 3.8) is 0 Å². The Kier molecular flexibility index (Phi) is 6.95. The van der Waals surface area contributed by atoms with Crippen molar-refractivity contribution in [3.05, 3.63) is 53.6 Å². The third-order valence-electron chi connectivity index (χ3n) is 6.53. The number of carbonyl (C=O) groups is 2. The van der Waals surface area contributed by atoms with E-state index in [2.05, 4.69) is 17.6 Å². The maximum Gasteiger partial charge on any atom is 0.265 e. The van der Waals surface area contributed by atoms with Crippen LogP contribution in [-0.4, -0.2) is 50.3 Å². The molecule has 0 aliphatic carbocycles. The van der Waals surface area contributed by atoms with Crippen LogP contribution in [-0.2, 0) is 19.6 Å². The molecule has 2 aromatic rings. The van der Waals surface area contributed by atoms with E-state index in [1.165, 1.54) is 10.4 Å². The van der Waals surface area contributed by atoms with Crippen LogP contribution in [0.15, 0.2) is 47.4 Å². The third kappa shape index (κ3) is 4.95. The molecule has 1 fully saturated rings. The van der Waals surface area contributed by atoms with Crippen molar-refractivity contribution in [1.29, 1.82) is 0 Å². The standard InChI is InChI=1S/C25H31N3O5S/c1-16-12-21-22(33-18(3)24(29)27-21)13-23(16)34(31,32)28-11-7-10-20(15-28)25(30)26-14-17(2)19-8-5-4-6-9-19/h4-6,8-9,12-13,17-18,20H,7,10-11,14-15H2,1-3H3,(H,26,30)(H,27,29). The van der Waals surface area contributed by atoms with Crippen molar-refractivity contribution in [2.75, 3.05) is 25.0 Å². The number of amides is 2. The molecule has 1 saturated heterocycles. The number of aryl methyl sites for hydroxylation is 1. The van der Waals surface area contributed by atoms with Crippen LogP contribution in [0.2, 0.25) is 0 Å². The summed E-state index contributed by atoms with van der Waals surface area (Å²) in [5, 5.41) is 5.74. The lowest BCUT2D eigenvalue weighted by Crippen LogP contribution is -2.46. The van der Waals surface area contributed by atoms with Gasteiger partial charge in [0.15, 0.2) is 6.10 Å². The molecule has 9 heteroatoms. The fraction of sp³-hybridized carbons (Fsp3) is 0.440. The van der Waals surface area contributed by atoms with E-state index in [4.69, 9.17) is 4.74 Å². The molecular formula is C25H31N3O5S. The monoisotopic (exact) mass is 485 g/mol. The van der Waals surface area contributed by atoms with E-state index in [0.717, 1.165) is 5.56 Å². The molecule has 2 amide bonds. The number of fused-ring (bicyclic) bond motifs is 1. The number of nitrogens with zero attached hydrogens (tertiary/aromatic N) is 1. The van der Waals surface area contributed by atoms with Gasteiger partial charge in [-0.15, -0.1) is 0 Å². The number of piperidine rings is 1. The molecule has 2 N–H and O–H groups in total. The Morgan fingerprint density at radius 3 is 2.74 bits per heavy atom. The van der Waals surface area contributed by atoms with Crippen molar-refractivity contribution < 1.29 is 22.7 Å². The average molecular weight is 486 g/mol. The molecule has 182 valence electrons. The molecule has 8 nitrogen and oxygen atoms in total. The molecule has 0 radical (unpaired) electrons.